The van der Waals surface area contributed by atoms with Crippen molar-refractivity contribution in [1.29, 1.82) is 0 Å². The van der Waals surface area contributed by atoms with E-state index in [2.05, 4.69) is 59.5 Å². The second kappa shape index (κ2) is 5.87. The van der Waals surface area contributed by atoms with Gasteiger partial charge in [-0.05, 0) is 65.0 Å². The van der Waals surface area contributed by atoms with E-state index < -0.39 is 8.32 Å². The van der Waals surface area contributed by atoms with Gasteiger partial charge in [-0.2, -0.15) is 0 Å². The molecule has 2 rings (SSSR count). The van der Waals surface area contributed by atoms with Crippen LogP contribution in [0, 0.1) is 0 Å². The van der Waals surface area contributed by atoms with Gasteiger partial charge < -0.3 is 13.7 Å². The van der Waals surface area contributed by atoms with Gasteiger partial charge in [0.15, 0.2) is 0 Å². The molecule has 0 spiro atoms. The summed E-state index contributed by atoms with van der Waals surface area (Å²) >= 11 is 0. The molecule has 1 saturated heterocycles. The minimum Gasteiger partial charge on any atom is -0.544 e. The van der Waals surface area contributed by atoms with E-state index in [0.717, 1.165) is 11.3 Å². The lowest BCUT2D eigenvalue weighted by atomic mass is 9.89. The maximum absolute atomic E-state index is 6.02. The molecule has 120 valence electrons. The molecule has 0 amide bonds. The Labute approximate surface area is 135 Å². The summed E-state index contributed by atoms with van der Waals surface area (Å²) in [7, 11) is -1.89. The van der Waals surface area contributed by atoms with Crippen molar-refractivity contribution in [2.45, 2.75) is 58.5 Å². The van der Waals surface area contributed by atoms with Gasteiger partial charge in [0.1, 0.15) is 5.75 Å². The Balaban J connectivity index is 2.07. The maximum Gasteiger partial charge on any atom is 0.487 e. The van der Waals surface area contributed by atoms with E-state index in [0.29, 0.717) is 0 Å². The highest BCUT2D eigenvalue weighted by molar-refractivity contribution is 6.70. The predicted octanol–water partition coefficient (Wildman–Crippen LogP) is 4.54. The van der Waals surface area contributed by atoms with Crippen LogP contribution < -0.4 is 4.43 Å². The normalized spacial score (nSPS) is 20.6. The first-order valence-corrected chi connectivity index (χ1v) is 11.2. The first kappa shape index (κ1) is 17.3. The minimum absolute atomic E-state index is 0.301. The maximum atomic E-state index is 6.02. The third kappa shape index (κ3) is 4.25. The molecule has 1 aliphatic heterocycles. The summed E-state index contributed by atoms with van der Waals surface area (Å²) in [4.78, 5) is 0. The average molecular weight is 318 g/mol. The van der Waals surface area contributed by atoms with Crippen LogP contribution in [0.1, 0.15) is 33.3 Å². The summed E-state index contributed by atoms with van der Waals surface area (Å²) in [5.41, 5.74) is 0.487. The van der Waals surface area contributed by atoms with Gasteiger partial charge in [0.2, 0.25) is 8.32 Å². The zero-order chi connectivity index (χ0) is 16.6. The molecule has 1 aromatic rings. The van der Waals surface area contributed by atoms with Crippen LogP contribution in [0.3, 0.4) is 0 Å². The highest BCUT2D eigenvalue weighted by atomic mass is 28.4. The second-order valence-electron chi connectivity index (χ2n) is 7.77. The Bertz CT molecular complexity index is 545. The van der Waals surface area contributed by atoms with Gasteiger partial charge in [0.05, 0.1) is 11.2 Å². The highest BCUT2D eigenvalue weighted by Gasteiger charge is 2.49. The second-order valence-corrected chi connectivity index (χ2v) is 12.2. The van der Waals surface area contributed by atoms with Crippen LogP contribution in [0.5, 0.6) is 5.75 Å². The molecule has 1 heterocycles. The Hall–Kier alpha value is -1.04. The van der Waals surface area contributed by atoms with Crippen molar-refractivity contribution in [3.63, 3.8) is 0 Å². The molecule has 0 N–H and O–H groups in total. The van der Waals surface area contributed by atoms with Gasteiger partial charge in [0, 0.05) is 0 Å². The SMILES string of the molecule is CC1(C)OB(/C=C/c2cccc(O[Si](C)(C)C)c2)OC1(C)C. The number of hydrogen-bond acceptors (Lipinski definition) is 3. The topological polar surface area (TPSA) is 27.7 Å². The molecule has 0 atom stereocenters. The van der Waals surface area contributed by atoms with Gasteiger partial charge in [-0.1, -0.05) is 24.2 Å². The van der Waals surface area contributed by atoms with Crippen molar-refractivity contribution in [1.82, 2.24) is 0 Å². The fraction of sp³-hybridized carbons (Fsp3) is 0.529. The fourth-order valence-electron chi connectivity index (χ4n) is 2.19. The van der Waals surface area contributed by atoms with Crippen LogP contribution in [0.25, 0.3) is 6.08 Å². The third-order valence-corrected chi connectivity index (χ3v) is 4.85. The molecule has 22 heavy (non-hydrogen) atoms. The van der Waals surface area contributed by atoms with Crippen molar-refractivity contribution in [2.75, 3.05) is 0 Å². The summed E-state index contributed by atoms with van der Waals surface area (Å²) in [5.74, 6) is 2.89. The molecule has 0 saturated carbocycles. The molecule has 0 bridgehead atoms. The molecule has 0 aromatic heterocycles. The summed E-state index contributed by atoms with van der Waals surface area (Å²) in [6.45, 7) is 14.8. The molecule has 3 nitrogen and oxygen atoms in total. The summed E-state index contributed by atoms with van der Waals surface area (Å²) < 4.78 is 17.9. The van der Waals surface area contributed by atoms with Crippen LogP contribution in [0.2, 0.25) is 19.6 Å². The van der Waals surface area contributed by atoms with Crippen LogP contribution in [-0.2, 0) is 9.31 Å². The molecule has 1 fully saturated rings. The van der Waals surface area contributed by atoms with E-state index in [1.807, 2.05) is 24.2 Å². The predicted molar refractivity (Wildman–Crippen MR) is 95.5 cm³/mol. The van der Waals surface area contributed by atoms with E-state index in [9.17, 15) is 0 Å². The molecule has 1 aliphatic rings. The van der Waals surface area contributed by atoms with Crippen LogP contribution in [-0.4, -0.2) is 26.6 Å². The molecular weight excluding hydrogens is 291 g/mol. The van der Waals surface area contributed by atoms with Gasteiger partial charge in [-0.3, -0.25) is 0 Å². The van der Waals surface area contributed by atoms with Crippen molar-refractivity contribution in [2.24, 2.45) is 0 Å². The van der Waals surface area contributed by atoms with E-state index >= 15 is 0 Å². The Morgan fingerprint density at radius 3 is 2.18 bits per heavy atom. The third-order valence-electron chi connectivity index (χ3n) is 4.00. The van der Waals surface area contributed by atoms with Crippen molar-refractivity contribution >= 4 is 21.5 Å². The lowest BCUT2D eigenvalue weighted by Crippen LogP contribution is -2.41. The number of rotatable bonds is 4. The smallest absolute Gasteiger partial charge is 0.487 e. The Kier molecular flexibility index (Phi) is 4.62. The van der Waals surface area contributed by atoms with Crippen molar-refractivity contribution in [3.8, 4) is 5.75 Å². The van der Waals surface area contributed by atoms with Crippen LogP contribution in [0.4, 0.5) is 0 Å². The highest BCUT2D eigenvalue weighted by Crippen LogP contribution is 2.37. The number of benzene rings is 1. The standard InChI is InChI=1S/C17H27BO3Si/c1-16(2)17(3,4)21-18(20-16)12-11-14-9-8-10-15(13-14)19-22(5,6)7/h8-13H,1-7H3/b12-11+. The summed E-state index contributed by atoms with van der Waals surface area (Å²) in [6.07, 6.45) is 2.03. The Morgan fingerprint density at radius 2 is 1.64 bits per heavy atom. The largest absolute Gasteiger partial charge is 0.544 e. The minimum atomic E-state index is -1.58. The van der Waals surface area contributed by atoms with Crippen LogP contribution in [0.15, 0.2) is 30.2 Å². The quantitative estimate of drug-likeness (QED) is 0.763. The molecule has 5 heteroatoms. The molecule has 0 radical (unpaired) electrons. The fourth-order valence-corrected chi connectivity index (χ4v) is 3.03. The van der Waals surface area contributed by atoms with Crippen molar-refractivity contribution in [3.05, 3.63) is 35.8 Å². The first-order valence-electron chi connectivity index (χ1n) is 7.81. The average Bonchev–Trinajstić information content (AvgIpc) is 2.54. The molecule has 1 aromatic carbocycles. The Morgan fingerprint density at radius 1 is 1.05 bits per heavy atom. The zero-order valence-electron chi connectivity index (χ0n) is 14.8. The molecular formula is C17H27BO3Si. The summed E-state index contributed by atoms with van der Waals surface area (Å²) in [5, 5.41) is 0. The van der Waals surface area contributed by atoms with Gasteiger partial charge >= 0.3 is 7.12 Å². The van der Waals surface area contributed by atoms with Crippen LogP contribution >= 0.6 is 0 Å². The lowest BCUT2D eigenvalue weighted by Gasteiger charge is -2.32. The van der Waals surface area contributed by atoms with E-state index in [-0.39, 0.29) is 18.3 Å². The van der Waals surface area contributed by atoms with E-state index in [1.54, 1.807) is 0 Å². The van der Waals surface area contributed by atoms with Gasteiger partial charge in [-0.15, -0.1) is 0 Å². The first-order chi connectivity index (χ1) is 9.98. The van der Waals surface area contributed by atoms with E-state index in [4.69, 9.17) is 13.7 Å². The number of hydrogen-bond donors (Lipinski definition) is 0. The lowest BCUT2D eigenvalue weighted by molar-refractivity contribution is 0.00578. The van der Waals surface area contributed by atoms with Gasteiger partial charge in [0.25, 0.3) is 0 Å². The zero-order valence-corrected chi connectivity index (χ0v) is 15.8. The monoisotopic (exact) mass is 318 g/mol. The summed E-state index contributed by atoms with van der Waals surface area (Å²) in [6, 6.07) is 8.13. The van der Waals surface area contributed by atoms with E-state index in [1.165, 1.54) is 0 Å². The molecule has 0 aliphatic carbocycles. The van der Waals surface area contributed by atoms with Crippen molar-refractivity contribution < 1.29 is 13.7 Å². The molecule has 0 unspecified atom stereocenters. The van der Waals surface area contributed by atoms with Gasteiger partial charge in [-0.25, -0.2) is 0 Å².